The van der Waals surface area contributed by atoms with Crippen molar-refractivity contribution in [1.82, 2.24) is 5.32 Å². The summed E-state index contributed by atoms with van der Waals surface area (Å²) < 4.78 is 50.9. The summed E-state index contributed by atoms with van der Waals surface area (Å²) in [5, 5.41) is 20.9. The first-order chi connectivity index (χ1) is 8.65. The Hall–Kier alpha value is -1.18. The van der Waals surface area contributed by atoms with E-state index in [4.69, 9.17) is 5.11 Å². The zero-order valence-electron chi connectivity index (χ0n) is 10.3. The fourth-order valence-corrected chi connectivity index (χ4v) is 1.49. The van der Waals surface area contributed by atoms with E-state index in [0.717, 1.165) is 12.1 Å². The first-order valence-corrected chi connectivity index (χ1v) is 5.55. The molecule has 3 N–H and O–H groups in total. The molecule has 0 aliphatic heterocycles. The highest BCUT2D eigenvalue weighted by molar-refractivity contribution is 5.30. The molecule has 0 fully saturated rings. The van der Waals surface area contributed by atoms with Crippen LogP contribution in [0.2, 0.25) is 0 Å². The summed E-state index contributed by atoms with van der Waals surface area (Å²) in [6.07, 6.45) is -4.64. The Bertz CT molecular complexity index is 432. The number of hydrogen-bond acceptors (Lipinski definition) is 3. The third-order valence-electron chi connectivity index (χ3n) is 2.54. The number of alkyl halides is 3. The molecule has 0 amide bonds. The normalized spacial score (nSPS) is 15.3. The van der Waals surface area contributed by atoms with Gasteiger partial charge in [0.1, 0.15) is 5.82 Å². The third-order valence-corrected chi connectivity index (χ3v) is 2.54. The van der Waals surface area contributed by atoms with E-state index in [1.807, 2.05) is 0 Å². The van der Waals surface area contributed by atoms with Crippen LogP contribution in [0.3, 0.4) is 0 Å². The fourth-order valence-electron chi connectivity index (χ4n) is 1.49. The highest BCUT2D eigenvalue weighted by Gasteiger charge is 2.33. The van der Waals surface area contributed by atoms with Gasteiger partial charge in [0.2, 0.25) is 0 Å². The number of halogens is 4. The molecule has 19 heavy (non-hydrogen) atoms. The number of rotatable bonds is 5. The second kappa shape index (κ2) is 5.85. The minimum absolute atomic E-state index is 0.0851. The van der Waals surface area contributed by atoms with Crippen LogP contribution in [0.1, 0.15) is 18.1 Å². The first-order valence-electron chi connectivity index (χ1n) is 5.55. The molecule has 3 nitrogen and oxygen atoms in total. The molecule has 0 spiro atoms. The van der Waals surface area contributed by atoms with Gasteiger partial charge in [-0.15, -0.1) is 0 Å². The van der Waals surface area contributed by atoms with Gasteiger partial charge >= 0.3 is 6.18 Å². The van der Waals surface area contributed by atoms with Crippen molar-refractivity contribution in [3.05, 3.63) is 35.1 Å². The lowest BCUT2D eigenvalue weighted by molar-refractivity contribution is -0.138. The molecule has 0 radical (unpaired) electrons. The molecule has 1 rings (SSSR count). The van der Waals surface area contributed by atoms with Gasteiger partial charge in [0.25, 0.3) is 0 Å². The van der Waals surface area contributed by atoms with Gasteiger partial charge in [-0.2, -0.15) is 13.2 Å². The average molecular weight is 281 g/mol. The van der Waals surface area contributed by atoms with E-state index in [9.17, 15) is 22.7 Å². The Morgan fingerprint density at radius 1 is 1.26 bits per heavy atom. The van der Waals surface area contributed by atoms with Crippen LogP contribution >= 0.6 is 0 Å². The molecule has 0 saturated heterocycles. The summed E-state index contributed by atoms with van der Waals surface area (Å²) in [5.74, 6) is -0.960. The second-order valence-electron chi connectivity index (χ2n) is 4.56. The van der Waals surface area contributed by atoms with Crippen LogP contribution in [-0.2, 0) is 12.7 Å². The molecule has 0 aromatic heterocycles. The van der Waals surface area contributed by atoms with E-state index in [1.165, 1.54) is 6.92 Å². The lowest BCUT2D eigenvalue weighted by Crippen LogP contribution is -2.40. The fraction of sp³-hybridized carbons (Fsp3) is 0.500. The van der Waals surface area contributed by atoms with Crippen LogP contribution < -0.4 is 5.32 Å². The lowest BCUT2D eigenvalue weighted by Gasteiger charge is -2.21. The lowest BCUT2D eigenvalue weighted by atomic mass is 10.1. The molecule has 0 aliphatic carbocycles. The number of hydrogen-bond donors (Lipinski definition) is 3. The zero-order valence-corrected chi connectivity index (χ0v) is 10.3. The van der Waals surface area contributed by atoms with Gasteiger partial charge < -0.3 is 15.5 Å². The minimum atomic E-state index is -4.64. The van der Waals surface area contributed by atoms with Crippen molar-refractivity contribution >= 4 is 0 Å². The summed E-state index contributed by atoms with van der Waals surface area (Å²) in [7, 11) is 0. The quantitative estimate of drug-likeness (QED) is 0.720. The van der Waals surface area contributed by atoms with Crippen LogP contribution in [0.15, 0.2) is 18.2 Å². The molecule has 1 atom stereocenters. The second-order valence-corrected chi connectivity index (χ2v) is 4.56. The molecule has 7 heteroatoms. The molecule has 0 bridgehead atoms. The van der Waals surface area contributed by atoms with Gasteiger partial charge in [0.15, 0.2) is 0 Å². The topological polar surface area (TPSA) is 52.5 Å². The monoisotopic (exact) mass is 281 g/mol. The van der Waals surface area contributed by atoms with E-state index in [0.29, 0.717) is 6.07 Å². The zero-order chi connectivity index (χ0) is 14.7. The number of benzene rings is 1. The summed E-state index contributed by atoms with van der Waals surface area (Å²) in [4.78, 5) is 0. The van der Waals surface area contributed by atoms with Crippen molar-refractivity contribution in [2.75, 3.05) is 13.2 Å². The van der Waals surface area contributed by atoms with Crippen molar-refractivity contribution in [2.24, 2.45) is 0 Å². The average Bonchev–Trinajstić information content (AvgIpc) is 2.29. The van der Waals surface area contributed by atoms with Crippen molar-refractivity contribution in [3.8, 4) is 0 Å². The highest BCUT2D eigenvalue weighted by atomic mass is 19.4. The van der Waals surface area contributed by atoms with E-state index >= 15 is 0 Å². The Morgan fingerprint density at radius 3 is 2.42 bits per heavy atom. The van der Waals surface area contributed by atoms with Crippen LogP contribution in [0.4, 0.5) is 17.6 Å². The largest absolute Gasteiger partial charge is 0.416 e. The summed E-state index contributed by atoms with van der Waals surface area (Å²) in [5.41, 5.74) is -2.59. The number of aliphatic hydroxyl groups excluding tert-OH is 1. The van der Waals surface area contributed by atoms with Crippen molar-refractivity contribution < 1.29 is 27.8 Å². The van der Waals surface area contributed by atoms with E-state index in [-0.39, 0.29) is 18.7 Å². The smallest absolute Gasteiger partial charge is 0.393 e. The van der Waals surface area contributed by atoms with Gasteiger partial charge in [-0.3, -0.25) is 0 Å². The maximum atomic E-state index is 12.9. The number of aliphatic hydroxyl groups is 2. The van der Waals surface area contributed by atoms with E-state index < -0.39 is 29.8 Å². The Balaban J connectivity index is 2.79. The van der Waals surface area contributed by atoms with Crippen molar-refractivity contribution in [2.45, 2.75) is 25.2 Å². The first kappa shape index (κ1) is 15.9. The molecule has 1 aromatic rings. The molecule has 0 aliphatic rings. The Morgan fingerprint density at radius 2 is 1.89 bits per heavy atom. The minimum Gasteiger partial charge on any atom is -0.393 e. The predicted octanol–water partition coefficient (Wildman–Crippen LogP) is 1.68. The summed E-state index contributed by atoms with van der Waals surface area (Å²) in [6.45, 7) is 0.550. The van der Waals surface area contributed by atoms with Crippen molar-refractivity contribution in [3.63, 3.8) is 0 Å². The van der Waals surface area contributed by atoms with Crippen LogP contribution in [0, 0.1) is 5.82 Å². The molecular formula is C12H15F4NO2. The molecule has 1 unspecified atom stereocenters. The molecule has 0 heterocycles. The van der Waals surface area contributed by atoms with Crippen LogP contribution in [0.5, 0.6) is 0 Å². The van der Waals surface area contributed by atoms with E-state index in [2.05, 4.69) is 5.32 Å². The number of nitrogens with one attached hydrogen (secondary N) is 1. The summed E-state index contributed by atoms with van der Waals surface area (Å²) >= 11 is 0. The summed E-state index contributed by atoms with van der Waals surface area (Å²) in [6, 6.07) is 2.41. The maximum absolute atomic E-state index is 12.9. The predicted molar refractivity (Wildman–Crippen MR) is 60.8 cm³/mol. The SMILES string of the molecule is CC(O)(CO)CNCc1ccc(F)cc1C(F)(F)F. The van der Waals surface area contributed by atoms with Crippen molar-refractivity contribution in [1.29, 1.82) is 0 Å². The van der Waals surface area contributed by atoms with Gasteiger partial charge in [-0.05, 0) is 24.6 Å². The van der Waals surface area contributed by atoms with Gasteiger partial charge in [-0.1, -0.05) is 6.07 Å². The maximum Gasteiger partial charge on any atom is 0.416 e. The molecule has 0 saturated carbocycles. The molecule has 1 aromatic carbocycles. The Kier molecular flexibility index (Phi) is 4.89. The Labute approximate surface area is 107 Å². The van der Waals surface area contributed by atoms with Gasteiger partial charge in [0.05, 0.1) is 17.8 Å². The van der Waals surface area contributed by atoms with E-state index in [1.54, 1.807) is 0 Å². The van der Waals surface area contributed by atoms with Crippen LogP contribution in [-0.4, -0.2) is 29.0 Å². The third kappa shape index (κ3) is 4.77. The molecule has 108 valence electrons. The van der Waals surface area contributed by atoms with Crippen LogP contribution in [0.25, 0.3) is 0 Å². The van der Waals surface area contributed by atoms with Gasteiger partial charge in [-0.25, -0.2) is 4.39 Å². The standard InChI is InChI=1S/C12H15F4NO2/c1-11(19,7-18)6-17-5-8-2-3-9(13)4-10(8)12(14,15)16/h2-4,17-19H,5-7H2,1H3. The van der Waals surface area contributed by atoms with Gasteiger partial charge in [0, 0.05) is 13.1 Å². The highest BCUT2D eigenvalue weighted by Crippen LogP contribution is 2.32. The molecular weight excluding hydrogens is 266 g/mol.